The van der Waals surface area contributed by atoms with E-state index in [9.17, 15) is 19.5 Å². The van der Waals surface area contributed by atoms with Crippen molar-refractivity contribution < 1.29 is 38.4 Å². The molecule has 0 saturated carbocycles. The maximum absolute atomic E-state index is 12.9. The third-order valence-corrected chi connectivity index (χ3v) is 6.78. The standard InChI is InChI=1S/C33H39N3O8/c1-18-7-19(2)11-24(10-18)34-31(38)41-17-27-16-28(43-32(39)35-25-12-20(3)8-21(4)13-25)29(30(37)42-27)44-33(40)36-26-14-22(5)9-23(6)15-26/h7-15,27-30,37H,16-17H2,1-6H3,(H,34,38)(H,35,39)(H,36,40)/t27-,28+,29+,30+/m1/s1. The molecule has 1 saturated heterocycles. The summed E-state index contributed by atoms with van der Waals surface area (Å²) in [4.78, 5) is 38.2. The molecule has 1 heterocycles. The number of amides is 3. The minimum atomic E-state index is -1.68. The van der Waals surface area contributed by atoms with Gasteiger partial charge in [-0.1, -0.05) is 18.2 Å². The number of hydrogen-bond acceptors (Lipinski definition) is 8. The van der Waals surface area contributed by atoms with Crippen molar-refractivity contribution >= 4 is 35.3 Å². The summed E-state index contributed by atoms with van der Waals surface area (Å²) in [6.45, 7) is 11.2. The highest BCUT2D eigenvalue weighted by Crippen LogP contribution is 2.27. The van der Waals surface area contributed by atoms with Gasteiger partial charge in [-0.2, -0.15) is 0 Å². The Balaban J connectivity index is 1.43. The van der Waals surface area contributed by atoms with Crippen LogP contribution in [0.4, 0.5) is 31.4 Å². The van der Waals surface area contributed by atoms with Crippen LogP contribution in [0.2, 0.25) is 0 Å². The van der Waals surface area contributed by atoms with Gasteiger partial charge in [0.15, 0.2) is 12.4 Å². The lowest BCUT2D eigenvalue weighted by atomic mass is 10.0. The number of aryl methyl sites for hydroxylation is 6. The van der Waals surface area contributed by atoms with Crippen molar-refractivity contribution in [3.63, 3.8) is 0 Å². The first-order chi connectivity index (χ1) is 20.8. The zero-order valence-corrected chi connectivity index (χ0v) is 25.7. The molecule has 3 aromatic rings. The molecule has 1 fully saturated rings. The monoisotopic (exact) mass is 605 g/mol. The number of ether oxygens (including phenoxy) is 4. The second-order valence-corrected chi connectivity index (χ2v) is 11.3. The normalized spacial score (nSPS) is 19.4. The summed E-state index contributed by atoms with van der Waals surface area (Å²) in [5.74, 6) is 0. The molecule has 0 aliphatic carbocycles. The molecular weight excluding hydrogens is 566 g/mol. The molecule has 3 aromatic carbocycles. The summed E-state index contributed by atoms with van der Waals surface area (Å²) in [6, 6.07) is 16.6. The van der Waals surface area contributed by atoms with E-state index in [1.54, 1.807) is 36.4 Å². The molecule has 0 unspecified atom stereocenters. The van der Waals surface area contributed by atoms with Crippen molar-refractivity contribution in [3.05, 3.63) is 88.0 Å². The Morgan fingerprint density at radius 3 is 1.48 bits per heavy atom. The van der Waals surface area contributed by atoms with E-state index < -0.39 is 42.9 Å². The molecule has 1 aliphatic heterocycles. The van der Waals surface area contributed by atoms with E-state index in [0.29, 0.717) is 17.1 Å². The molecule has 0 aromatic heterocycles. The van der Waals surface area contributed by atoms with Crippen LogP contribution in [0.15, 0.2) is 54.6 Å². The zero-order chi connectivity index (χ0) is 32.0. The first kappa shape index (κ1) is 32.3. The number of benzene rings is 3. The van der Waals surface area contributed by atoms with Gasteiger partial charge in [-0.05, 0) is 111 Å². The van der Waals surface area contributed by atoms with Gasteiger partial charge in [0.25, 0.3) is 0 Å². The summed E-state index contributed by atoms with van der Waals surface area (Å²) >= 11 is 0. The second-order valence-electron chi connectivity index (χ2n) is 11.3. The summed E-state index contributed by atoms with van der Waals surface area (Å²) in [6.07, 6.45) is -7.48. The molecule has 4 atom stereocenters. The lowest BCUT2D eigenvalue weighted by Gasteiger charge is -2.38. The molecule has 4 N–H and O–H groups in total. The third-order valence-electron chi connectivity index (χ3n) is 6.78. The Hall–Kier alpha value is -4.61. The highest BCUT2D eigenvalue weighted by molar-refractivity contribution is 5.86. The zero-order valence-electron chi connectivity index (χ0n) is 25.7. The predicted octanol–water partition coefficient (Wildman–Crippen LogP) is 6.43. The number of anilines is 3. The SMILES string of the molecule is Cc1cc(C)cc(NC(=O)OC[C@H]2C[C@H](OC(=O)Nc3cc(C)cc(C)c3)[C@H](OC(=O)Nc3cc(C)cc(C)c3)[C@@H](O)O2)c1. The molecule has 0 bridgehead atoms. The second kappa shape index (κ2) is 14.2. The van der Waals surface area contributed by atoms with Crippen LogP contribution in [0.25, 0.3) is 0 Å². The van der Waals surface area contributed by atoms with Crippen LogP contribution in [0.3, 0.4) is 0 Å². The third kappa shape index (κ3) is 9.45. The number of carbonyl (C=O) groups is 3. The topological polar surface area (TPSA) is 144 Å². The van der Waals surface area contributed by atoms with Gasteiger partial charge in [-0.3, -0.25) is 16.0 Å². The number of hydrogen-bond donors (Lipinski definition) is 4. The van der Waals surface area contributed by atoms with Gasteiger partial charge < -0.3 is 24.1 Å². The lowest BCUT2D eigenvalue weighted by Crippen LogP contribution is -2.53. The average Bonchev–Trinajstić information content (AvgIpc) is 2.87. The predicted molar refractivity (Wildman–Crippen MR) is 166 cm³/mol. The molecule has 3 amide bonds. The van der Waals surface area contributed by atoms with Crippen molar-refractivity contribution in [2.75, 3.05) is 22.6 Å². The minimum Gasteiger partial charge on any atom is -0.447 e. The maximum Gasteiger partial charge on any atom is 0.412 e. The van der Waals surface area contributed by atoms with Crippen LogP contribution >= 0.6 is 0 Å². The van der Waals surface area contributed by atoms with Gasteiger partial charge in [-0.15, -0.1) is 0 Å². The Morgan fingerprint density at radius 1 is 0.659 bits per heavy atom. The first-order valence-electron chi connectivity index (χ1n) is 14.3. The fraction of sp³-hybridized carbons (Fsp3) is 0.364. The fourth-order valence-electron chi connectivity index (χ4n) is 5.28. The largest absolute Gasteiger partial charge is 0.447 e. The highest BCUT2D eigenvalue weighted by Gasteiger charge is 2.43. The van der Waals surface area contributed by atoms with E-state index in [1.165, 1.54) is 0 Å². The van der Waals surface area contributed by atoms with E-state index >= 15 is 0 Å². The highest BCUT2D eigenvalue weighted by atomic mass is 16.7. The van der Waals surface area contributed by atoms with Crippen molar-refractivity contribution in [2.24, 2.45) is 0 Å². The van der Waals surface area contributed by atoms with Crippen molar-refractivity contribution in [1.82, 2.24) is 0 Å². The van der Waals surface area contributed by atoms with E-state index in [-0.39, 0.29) is 13.0 Å². The van der Waals surface area contributed by atoms with Crippen LogP contribution in [0.5, 0.6) is 0 Å². The molecule has 234 valence electrons. The Morgan fingerprint density at radius 2 is 1.05 bits per heavy atom. The van der Waals surface area contributed by atoms with Gasteiger partial charge in [0.2, 0.25) is 0 Å². The van der Waals surface area contributed by atoms with Crippen LogP contribution in [0, 0.1) is 41.5 Å². The van der Waals surface area contributed by atoms with Crippen molar-refractivity contribution in [3.8, 4) is 0 Å². The van der Waals surface area contributed by atoms with Crippen LogP contribution in [-0.2, 0) is 18.9 Å². The van der Waals surface area contributed by atoms with Gasteiger partial charge >= 0.3 is 18.3 Å². The van der Waals surface area contributed by atoms with Crippen LogP contribution in [-0.4, -0.2) is 54.6 Å². The van der Waals surface area contributed by atoms with Gasteiger partial charge in [-0.25, -0.2) is 14.4 Å². The Bertz CT molecular complexity index is 1460. The number of carbonyl (C=O) groups excluding carboxylic acids is 3. The molecule has 0 spiro atoms. The number of nitrogens with one attached hydrogen (secondary N) is 3. The van der Waals surface area contributed by atoms with Crippen LogP contribution in [0.1, 0.15) is 39.8 Å². The van der Waals surface area contributed by atoms with Crippen molar-refractivity contribution in [2.45, 2.75) is 72.6 Å². The molecular formula is C33H39N3O8. The van der Waals surface area contributed by atoms with E-state index in [1.807, 2.05) is 59.7 Å². The van der Waals surface area contributed by atoms with Gasteiger partial charge in [0.1, 0.15) is 12.7 Å². The van der Waals surface area contributed by atoms with Gasteiger partial charge in [0.05, 0.1) is 6.10 Å². The lowest BCUT2D eigenvalue weighted by molar-refractivity contribution is -0.248. The Kier molecular flexibility index (Phi) is 10.5. The Labute approximate surface area is 256 Å². The summed E-state index contributed by atoms with van der Waals surface area (Å²) in [5, 5.41) is 18.8. The van der Waals surface area contributed by atoms with Gasteiger partial charge in [0, 0.05) is 23.5 Å². The summed E-state index contributed by atoms with van der Waals surface area (Å²) in [5.41, 5.74) is 7.33. The maximum atomic E-state index is 12.9. The molecule has 4 rings (SSSR count). The first-order valence-corrected chi connectivity index (χ1v) is 14.3. The smallest absolute Gasteiger partial charge is 0.412 e. The van der Waals surface area contributed by atoms with E-state index in [2.05, 4.69) is 16.0 Å². The van der Waals surface area contributed by atoms with E-state index in [4.69, 9.17) is 18.9 Å². The fourth-order valence-corrected chi connectivity index (χ4v) is 5.28. The summed E-state index contributed by atoms with van der Waals surface area (Å²) in [7, 11) is 0. The quantitative estimate of drug-likeness (QED) is 0.226. The molecule has 1 aliphatic rings. The number of aliphatic hydroxyl groups is 1. The molecule has 44 heavy (non-hydrogen) atoms. The van der Waals surface area contributed by atoms with Crippen LogP contribution < -0.4 is 16.0 Å². The molecule has 0 radical (unpaired) electrons. The molecule has 11 heteroatoms. The van der Waals surface area contributed by atoms with Crippen molar-refractivity contribution in [1.29, 1.82) is 0 Å². The number of rotatable bonds is 7. The number of aliphatic hydroxyl groups excluding tert-OH is 1. The average molecular weight is 606 g/mol. The minimum absolute atomic E-state index is 0.0321. The molecule has 11 nitrogen and oxygen atoms in total. The van der Waals surface area contributed by atoms with E-state index in [0.717, 1.165) is 33.4 Å². The summed E-state index contributed by atoms with van der Waals surface area (Å²) < 4.78 is 22.1.